The molecule has 0 saturated carbocycles. The Balaban J connectivity index is 2.86. The number of rotatable bonds is 1. The van der Waals surface area contributed by atoms with Gasteiger partial charge in [0.2, 0.25) is 0 Å². The minimum atomic E-state index is -2.60. The molecule has 1 heterocycles. The van der Waals surface area contributed by atoms with Gasteiger partial charge in [0, 0.05) is 15.6 Å². The van der Waals surface area contributed by atoms with Crippen LogP contribution in [0, 0.1) is 0 Å². The van der Waals surface area contributed by atoms with Gasteiger partial charge in [-0.25, -0.2) is 8.78 Å². The minimum Gasteiger partial charge on any atom is -0.205 e. The molecule has 0 unspecified atom stereocenters. The third-order valence-electron chi connectivity index (χ3n) is 1.91. The Morgan fingerprint density at radius 3 is 2.64 bits per heavy atom. The van der Waals surface area contributed by atoms with Crippen LogP contribution < -0.4 is 0 Å². The fourth-order valence-corrected chi connectivity index (χ4v) is 2.65. The van der Waals surface area contributed by atoms with Gasteiger partial charge in [-0.15, -0.1) is 11.3 Å². The van der Waals surface area contributed by atoms with Crippen molar-refractivity contribution in [1.29, 1.82) is 0 Å². The second-order valence-corrected chi connectivity index (χ2v) is 4.45. The molecule has 0 amide bonds. The van der Waals surface area contributed by atoms with Gasteiger partial charge in [0.25, 0.3) is 6.43 Å². The molecule has 14 heavy (non-hydrogen) atoms. The lowest BCUT2D eigenvalue weighted by atomic mass is 10.1. The van der Waals surface area contributed by atoms with Gasteiger partial charge < -0.3 is 0 Å². The van der Waals surface area contributed by atoms with Crippen molar-refractivity contribution in [2.75, 3.05) is 0 Å². The van der Waals surface area contributed by atoms with Gasteiger partial charge in [-0.05, 0) is 17.5 Å². The molecule has 0 aliphatic heterocycles. The van der Waals surface area contributed by atoms with E-state index < -0.39 is 6.43 Å². The van der Waals surface area contributed by atoms with Crippen molar-refractivity contribution in [3.8, 4) is 0 Å². The van der Waals surface area contributed by atoms with E-state index in [1.807, 2.05) is 0 Å². The molecule has 0 radical (unpaired) electrons. The maximum atomic E-state index is 12.7. The summed E-state index contributed by atoms with van der Waals surface area (Å²) in [6.45, 7) is 0. The number of fused-ring (bicyclic) bond motifs is 1. The Kier molecular flexibility index (Phi) is 2.64. The van der Waals surface area contributed by atoms with Crippen molar-refractivity contribution in [3.63, 3.8) is 0 Å². The Hall–Kier alpha value is -0.380. The first-order chi connectivity index (χ1) is 6.61. The fraction of sp³-hybridized carbons (Fsp3) is 0.111. The highest BCUT2D eigenvalue weighted by atomic mass is 35.5. The highest BCUT2D eigenvalue weighted by Gasteiger charge is 2.19. The lowest BCUT2D eigenvalue weighted by Crippen LogP contribution is -1.87. The van der Waals surface area contributed by atoms with Crippen LogP contribution in [0.4, 0.5) is 8.78 Å². The smallest absolute Gasteiger partial charge is 0.205 e. The third kappa shape index (κ3) is 1.49. The van der Waals surface area contributed by atoms with Crippen LogP contribution >= 0.6 is 34.5 Å². The summed E-state index contributed by atoms with van der Waals surface area (Å²) in [6.07, 6.45) is -2.60. The third-order valence-corrected chi connectivity index (χ3v) is 3.57. The number of halogens is 4. The Bertz CT molecular complexity index is 479. The van der Waals surface area contributed by atoms with Crippen molar-refractivity contribution in [2.24, 2.45) is 0 Å². The summed E-state index contributed by atoms with van der Waals surface area (Å²) in [5, 5.41) is 2.35. The van der Waals surface area contributed by atoms with Gasteiger partial charge in [-0.3, -0.25) is 0 Å². The quantitative estimate of drug-likeness (QED) is 0.659. The first kappa shape index (κ1) is 10.1. The number of hydrogen-bond donors (Lipinski definition) is 0. The van der Waals surface area contributed by atoms with Crippen LogP contribution in [0.1, 0.15) is 12.0 Å². The first-order valence-electron chi connectivity index (χ1n) is 3.74. The lowest BCUT2D eigenvalue weighted by molar-refractivity contribution is 0.153. The molecule has 1 aromatic carbocycles. The molecule has 0 fully saturated rings. The molecule has 2 aromatic rings. The van der Waals surface area contributed by atoms with E-state index in [9.17, 15) is 8.78 Å². The topological polar surface area (TPSA) is 0 Å². The Morgan fingerprint density at radius 1 is 1.29 bits per heavy atom. The summed E-state index contributed by atoms with van der Waals surface area (Å²) in [7, 11) is 0. The molecule has 1 aromatic heterocycles. The summed E-state index contributed by atoms with van der Waals surface area (Å²) in [6, 6.07) is 3.24. The van der Waals surface area contributed by atoms with Crippen LogP contribution in [-0.4, -0.2) is 0 Å². The molecule has 0 atom stereocenters. The molecule has 74 valence electrons. The summed E-state index contributed by atoms with van der Waals surface area (Å²) in [5.41, 5.74) is -0.171. The molecule has 0 spiro atoms. The number of thiophene rings is 1. The Morgan fingerprint density at radius 2 is 2.00 bits per heavy atom. The molecule has 0 bridgehead atoms. The molecule has 0 aliphatic rings. The maximum Gasteiger partial charge on any atom is 0.265 e. The summed E-state index contributed by atoms with van der Waals surface area (Å²) in [4.78, 5) is 0. The van der Waals surface area contributed by atoms with E-state index in [1.54, 1.807) is 17.5 Å². The summed E-state index contributed by atoms with van der Waals surface area (Å²) < 4.78 is 26.1. The van der Waals surface area contributed by atoms with Gasteiger partial charge in [0.1, 0.15) is 0 Å². The highest BCUT2D eigenvalue weighted by molar-refractivity contribution is 7.17. The normalized spacial score (nSPS) is 11.5. The molecule has 5 heteroatoms. The molecule has 0 saturated heterocycles. The SMILES string of the molecule is FC(F)c1c(Cl)c(Cl)cc2sccc12. The van der Waals surface area contributed by atoms with Crippen molar-refractivity contribution in [3.05, 3.63) is 33.1 Å². The van der Waals surface area contributed by atoms with Crippen LogP contribution in [0.2, 0.25) is 10.0 Å². The van der Waals surface area contributed by atoms with E-state index in [-0.39, 0.29) is 15.6 Å². The zero-order valence-electron chi connectivity index (χ0n) is 6.73. The average molecular weight is 253 g/mol. The van der Waals surface area contributed by atoms with E-state index in [2.05, 4.69) is 0 Å². The minimum absolute atomic E-state index is 0.0485. The molecule has 2 rings (SSSR count). The molecule has 0 nitrogen and oxygen atoms in total. The van der Waals surface area contributed by atoms with Crippen LogP contribution in [0.15, 0.2) is 17.5 Å². The highest BCUT2D eigenvalue weighted by Crippen LogP contribution is 2.40. The lowest BCUT2D eigenvalue weighted by Gasteiger charge is -2.06. The molecule has 0 aliphatic carbocycles. The zero-order valence-corrected chi connectivity index (χ0v) is 9.06. The second kappa shape index (κ2) is 3.65. The largest absolute Gasteiger partial charge is 0.265 e. The monoisotopic (exact) mass is 252 g/mol. The van der Waals surface area contributed by atoms with Gasteiger partial charge >= 0.3 is 0 Å². The zero-order chi connectivity index (χ0) is 10.3. The van der Waals surface area contributed by atoms with Crippen LogP contribution in [0.5, 0.6) is 0 Å². The van der Waals surface area contributed by atoms with Crippen molar-refractivity contribution < 1.29 is 8.78 Å². The van der Waals surface area contributed by atoms with E-state index >= 15 is 0 Å². The average Bonchev–Trinajstić information content (AvgIpc) is 2.52. The number of hydrogen-bond acceptors (Lipinski definition) is 1. The van der Waals surface area contributed by atoms with Gasteiger partial charge in [-0.1, -0.05) is 23.2 Å². The van der Waals surface area contributed by atoms with E-state index in [0.717, 1.165) is 4.70 Å². The van der Waals surface area contributed by atoms with E-state index in [0.29, 0.717) is 5.39 Å². The summed E-state index contributed by atoms with van der Waals surface area (Å²) in [5.74, 6) is 0. The maximum absolute atomic E-state index is 12.7. The van der Waals surface area contributed by atoms with Crippen LogP contribution in [-0.2, 0) is 0 Å². The van der Waals surface area contributed by atoms with Gasteiger partial charge in [0.05, 0.1) is 10.0 Å². The molecular weight excluding hydrogens is 249 g/mol. The second-order valence-electron chi connectivity index (χ2n) is 2.72. The predicted molar refractivity (Wildman–Crippen MR) is 56.8 cm³/mol. The Labute approximate surface area is 93.1 Å². The van der Waals surface area contributed by atoms with Crippen molar-refractivity contribution in [2.45, 2.75) is 6.43 Å². The van der Waals surface area contributed by atoms with Crippen LogP contribution in [0.3, 0.4) is 0 Å². The standard InChI is InChI=1S/C9H4Cl2F2S/c10-5-3-6-4(1-2-14-6)7(8(5)11)9(12)13/h1-3,9H. The molecule has 0 N–H and O–H groups in total. The fourth-order valence-electron chi connectivity index (χ4n) is 1.29. The van der Waals surface area contributed by atoms with Crippen molar-refractivity contribution in [1.82, 2.24) is 0 Å². The van der Waals surface area contributed by atoms with Crippen molar-refractivity contribution >= 4 is 44.6 Å². The van der Waals surface area contributed by atoms with Gasteiger partial charge in [-0.2, -0.15) is 0 Å². The van der Waals surface area contributed by atoms with E-state index in [4.69, 9.17) is 23.2 Å². The first-order valence-corrected chi connectivity index (χ1v) is 5.38. The number of benzene rings is 1. The van der Waals surface area contributed by atoms with E-state index in [1.165, 1.54) is 11.3 Å². The number of alkyl halides is 2. The summed E-state index contributed by atoms with van der Waals surface area (Å²) >= 11 is 12.8. The van der Waals surface area contributed by atoms with Gasteiger partial charge in [0.15, 0.2) is 0 Å². The predicted octanol–water partition coefficient (Wildman–Crippen LogP) is 5.15. The molecular formula is C9H4Cl2F2S. The van der Waals surface area contributed by atoms with Crippen LogP contribution in [0.25, 0.3) is 10.1 Å².